The van der Waals surface area contributed by atoms with Crippen molar-refractivity contribution in [3.63, 3.8) is 0 Å². The first-order valence-electron chi connectivity index (χ1n) is 9.55. The van der Waals surface area contributed by atoms with Gasteiger partial charge in [-0.15, -0.1) is 0 Å². The van der Waals surface area contributed by atoms with Crippen LogP contribution < -0.4 is 10.5 Å². The number of primary amides is 1. The van der Waals surface area contributed by atoms with E-state index in [1.807, 2.05) is 26.0 Å². The maximum Gasteiger partial charge on any atom is 0.254 e. The highest BCUT2D eigenvalue weighted by Crippen LogP contribution is 2.33. The van der Waals surface area contributed by atoms with Crippen LogP contribution in [0.3, 0.4) is 0 Å². The minimum atomic E-state index is -1.21. The maximum atomic E-state index is 14.6. The fourth-order valence-corrected chi connectivity index (χ4v) is 3.18. The highest BCUT2D eigenvalue weighted by Gasteiger charge is 2.25. The average Bonchev–Trinajstić information content (AvgIpc) is 3.12. The van der Waals surface area contributed by atoms with Gasteiger partial charge < -0.3 is 14.9 Å². The number of carbonyl (C=O) groups excluding carboxylic acids is 1. The van der Waals surface area contributed by atoms with Gasteiger partial charge in [0.25, 0.3) is 5.91 Å². The molecule has 3 aromatic rings. The highest BCUT2D eigenvalue weighted by molar-refractivity contribution is 6.30. The van der Waals surface area contributed by atoms with Gasteiger partial charge in [0, 0.05) is 17.0 Å². The fraction of sp³-hybridized carbons (Fsp3) is 0.273. The number of ether oxygens (including phenoxy) is 1. The predicted molar refractivity (Wildman–Crippen MR) is 109 cm³/mol. The number of benzene rings is 2. The summed E-state index contributed by atoms with van der Waals surface area (Å²) in [5.74, 6) is -2.79. The van der Waals surface area contributed by atoms with Crippen molar-refractivity contribution >= 4 is 17.5 Å². The molecule has 0 saturated carbocycles. The molecule has 0 aliphatic carbocycles. The molecule has 1 aromatic heterocycles. The van der Waals surface area contributed by atoms with Gasteiger partial charge in [-0.05, 0) is 37.1 Å². The van der Waals surface area contributed by atoms with Crippen LogP contribution in [0.15, 0.2) is 40.8 Å². The van der Waals surface area contributed by atoms with E-state index in [1.165, 1.54) is 0 Å². The van der Waals surface area contributed by atoms with Crippen molar-refractivity contribution in [1.82, 2.24) is 4.98 Å². The third kappa shape index (κ3) is 4.46. The molecule has 2 N–H and O–H groups in total. The zero-order chi connectivity index (χ0) is 21.8. The Balaban J connectivity index is 1.98. The van der Waals surface area contributed by atoms with Crippen molar-refractivity contribution in [2.75, 3.05) is 0 Å². The molecule has 1 heterocycles. The topological polar surface area (TPSA) is 78.4 Å². The first-order chi connectivity index (χ1) is 14.3. The number of aryl methyl sites for hydroxylation is 1. The summed E-state index contributed by atoms with van der Waals surface area (Å²) in [4.78, 5) is 15.9. The van der Waals surface area contributed by atoms with Gasteiger partial charge in [-0.3, -0.25) is 4.79 Å². The van der Waals surface area contributed by atoms with Crippen LogP contribution in [0, 0.1) is 11.6 Å². The minimum absolute atomic E-state index is 0.259. The number of oxazole rings is 1. The van der Waals surface area contributed by atoms with Crippen LogP contribution >= 0.6 is 11.6 Å². The molecule has 5 nitrogen and oxygen atoms in total. The molecule has 158 valence electrons. The number of hydrogen-bond acceptors (Lipinski definition) is 4. The van der Waals surface area contributed by atoms with Crippen LogP contribution in [-0.2, 0) is 6.42 Å². The van der Waals surface area contributed by atoms with Gasteiger partial charge in [-0.2, -0.15) is 0 Å². The number of rotatable bonds is 8. The summed E-state index contributed by atoms with van der Waals surface area (Å²) in [6.07, 6.45) is 1.14. The van der Waals surface area contributed by atoms with Gasteiger partial charge in [0.15, 0.2) is 17.7 Å². The molecule has 1 unspecified atom stereocenters. The second kappa shape index (κ2) is 9.26. The van der Waals surface area contributed by atoms with Crippen LogP contribution in [0.1, 0.15) is 54.8 Å². The van der Waals surface area contributed by atoms with E-state index in [0.717, 1.165) is 24.1 Å². The van der Waals surface area contributed by atoms with Crippen LogP contribution in [0.4, 0.5) is 8.78 Å². The summed E-state index contributed by atoms with van der Waals surface area (Å²) in [7, 11) is 0. The molecule has 30 heavy (non-hydrogen) atoms. The largest absolute Gasteiger partial charge is 0.478 e. The Hall–Kier alpha value is -2.93. The smallest absolute Gasteiger partial charge is 0.254 e. The third-order valence-electron chi connectivity index (χ3n) is 4.53. The number of carbonyl (C=O) groups is 1. The van der Waals surface area contributed by atoms with Gasteiger partial charge >= 0.3 is 0 Å². The number of amides is 1. The summed E-state index contributed by atoms with van der Waals surface area (Å²) in [5.41, 5.74) is 5.72. The van der Waals surface area contributed by atoms with E-state index in [1.54, 1.807) is 12.1 Å². The van der Waals surface area contributed by atoms with Gasteiger partial charge in [0.1, 0.15) is 22.8 Å². The standard InChI is InChI=1S/C22H21ClF2N2O3/c1-3-5-17-20(12-6-8-13(23)9-7-12)27-22(30-17)15(4-2)29-16-11-10-14(24)18(19(16)25)21(26)28/h6-11,15H,3-5H2,1-2H3,(H2,26,28). The van der Waals surface area contributed by atoms with E-state index in [0.29, 0.717) is 29.3 Å². The molecule has 1 atom stereocenters. The lowest BCUT2D eigenvalue weighted by molar-refractivity contribution is 0.0989. The second-order valence-electron chi connectivity index (χ2n) is 6.69. The molecular formula is C22H21ClF2N2O3. The quantitative estimate of drug-likeness (QED) is 0.482. The Labute approximate surface area is 177 Å². The molecule has 1 amide bonds. The molecule has 3 rings (SSSR count). The predicted octanol–water partition coefficient (Wildman–Crippen LogP) is 5.85. The lowest BCUT2D eigenvalue weighted by atomic mass is 10.1. The first kappa shape index (κ1) is 21.8. The zero-order valence-corrected chi connectivity index (χ0v) is 17.3. The molecule has 0 aliphatic rings. The Morgan fingerprint density at radius 2 is 1.90 bits per heavy atom. The number of halogens is 3. The van der Waals surface area contributed by atoms with Crippen LogP contribution in [0.5, 0.6) is 5.75 Å². The Bertz CT molecular complexity index is 1050. The molecular weight excluding hydrogens is 414 g/mol. The first-order valence-corrected chi connectivity index (χ1v) is 9.93. The lowest BCUT2D eigenvalue weighted by Gasteiger charge is -2.16. The van der Waals surface area contributed by atoms with Gasteiger partial charge in [0.2, 0.25) is 5.89 Å². The number of aromatic nitrogens is 1. The molecule has 0 aliphatic heterocycles. The van der Waals surface area contributed by atoms with E-state index in [2.05, 4.69) is 4.98 Å². The van der Waals surface area contributed by atoms with Crippen LogP contribution in [0.25, 0.3) is 11.3 Å². The van der Waals surface area contributed by atoms with E-state index in [-0.39, 0.29) is 11.6 Å². The molecule has 2 aromatic carbocycles. The van der Waals surface area contributed by atoms with Gasteiger partial charge in [-0.25, -0.2) is 13.8 Å². The normalized spacial score (nSPS) is 12.0. The Morgan fingerprint density at radius 1 is 1.20 bits per heavy atom. The van der Waals surface area contributed by atoms with Crippen molar-refractivity contribution in [3.05, 3.63) is 70.3 Å². The van der Waals surface area contributed by atoms with Gasteiger partial charge in [0.05, 0.1) is 0 Å². The molecule has 0 radical (unpaired) electrons. The third-order valence-corrected chi connectivity index (χ3v) is 4.78. The van der Waals surface area contributed by atoms with Crippen molar-refractivity contribution in [2.45, 2.75) is 39.2 Å². The fourth-order valence-electron chi connectivity index (χ4n) is 3.05. The zero-order valence-electron chi connectivity index (χ0n) is 16.5. The van der Waals surface area contributed by atoms with Crippen molar-refractivity contribution in [2.24, 2.45) is 5.73 Å². The average molecular weight is 435 g/mol. The van der Waals surface area contributed by atoms with E-state index in [4.69, 9.17) is 26.5 Å². The van der Waals surface area contributed by atoms with Crippen LogP contribution in [0.2, 0.25) is 5.02 Å². The molecule has 0 spiro atoms. The van der Waals surface area contributed by atoms with Crippen molar-refractivity contribution < 1.29 is 22.7 Å². The molecule has 0 fully saturated rings. The Morgan fingerprint density at radius 3 is 2.50 bits per heavy atom. The lowest BCUT2D eigenvalue weighted by Crippen LogP contribution is -2.17. The maximum absolute atomic E-state index is 14.6. The highest BCUT2D eigenvalue weighted by atomic mass is 35.5. The van der Waals surface area contributed by atoms with Crippen LogP contribution in [-0.4, -0.2) is 10.9 Å². The van der Waals surface area contributed by atoms with E-state index in [9.17, 15) is 13.6 Å². The number of nitrogens with zero attached hydrogens (tertiary/aromatic N) is 1. The van der Waals surface area contributed by atoms with E-state index < -0.39 is 29.2 Å². The monoisotopic (exact) mass is 434 g/mol. The summed E-state index contributed by atoms with van der Waals surface area (Å²) >= 11 is 5.97. The van der Waals surface area contributed by atoms with E-state index >= 15 is 0 Å². The molecule has 0 saturated heterocycles. The Kier molecular flexibility index (Phi) is 6.72. The summed E-state index contributed by atoms with van der Waals surface area (Å²) < 4.78 is 40.0. The van der Waals surface area contributed by atoms with Crippen molar-refractivity contribution in [1.29, 1.82) is 0 Å². The van der Waals surface area contributed by atoms with Gasteiger partial charge in [-0.1, -0.05) is 37.6 Å². The summed E-state index contributed by atoms with van der Waals surface area (Å²) in [6, 6.07) is 9.23. The summed E-state index contributed by atoms with van der Waals surface area (Å²) in [6.45, 7) is 3.83. The molecule has 0 bridgehead atoms. The SMILES string of the molecule is CCCc1oc(C(CC)Oc2ccc(F)c(C(N)=O)c2F)nc1-c1ccc(Cl)cc1. The molecule has 8 heteroatoms. The number of nitrogens with two attached hydrogens (primary N) is 1. The number of hydrogen-bond donors (Lipinski definition) is 1. The second-order valence-corrected chi connectivity index (χ2v) is 7.13. The van der Waals surface area contributed by atoms with Crippen molar-refractivity contribution in [3.8, 4) is 17.0 Å². The summed E-state index contributed by atoms with van der Waals surface area (Å²) in [5, 5.41) is 0.603. The minimum Gasteiger partial charge on any atom is -0.478 e.